The smallest absolute Gasteiger partial charge is 0.311 e. The van der Waals surface area contributed by atoms with Crippen LogP contribution in [-0.4, -0.2) is 69.6 Å². The molecule has 206 valence electrons. The van der Waals surface area contributed by atoms with Crippen molar-refractivity contribution in [1.82, 2.24) is 4.90 Å². The van der Waals surface area contributed by atoms with Crippen molar-refractivity contribution in [2.24, 2.45) is 11.8 Å². The van der Waals surface area contributed by atoms with Gasteiger partial charge in [-0.05, 0) is 55.5 Å². The topological polar surface area (TPSA) is 87.1 Å². The molecule has 0 aliphatic carbocycles. The van der Waals surface area contributed by atoms with E-state index >= 15 is 0 Å². The second kappa shape index (κ2) is 10.8. The lowest BCUT2D eigenvalue weighted by molar-refractivity contribution is -0.154. The maximum absolute atomic E-state index is 14.6. The van der Waals surface area contributed by atoms with Crippen LogP contribution < -0.4 is 4.90 Å². The highest BCUT2D eigenvalue weighted by Gasteiger charge is 2.77. The fourth-order valence-electron chi connectivity index (χ4n) is 6.87. The molecule has 5 rings (SSSR count). The van der Waals surface area contributed by atoms with Crippen molar-refractivity contribution in [2.45, 2.75) is 48.1 Å². The summed E-state index contributed by atoms with van der Waals surface area (Å²) in [7, 11) is 0. The summed E-state index contributed by atoms with van der Waals surface area (Å²) >= 11 is 1.63. The van der Waals surface area contributed by atoms with Crippen LogP contribution in [0.2, 0.25) is 0 Å². The minimum Gasteiger partial charge on any atom is -0.461 e. The average molecular weight is 549 g/mol. The third kappa shape index (κ3) is 4.47. The highest BCUT2D eigenvalue weighted by molar-refractivity contribution is 8.02. The minimum atomic E-state index is -0.732. The van der Waals surface area contributed by atoms with E-state index < -0.39 is 33.3 Å². The van der Waals surface area contributed by atoms with Gasteiger partial charge < -0.3 is 19.6 Å². The number of hydrogen-bond acceptors (Lipinski definition) is 6. The number of esters is 1. The van der Waals surface area contributed by atoms with Gasteiger partial charge in [0.05, 0.1) is 16.6 Å². The van der Waals surface area contributed by atoms with Gasteiger partial charge in [-0.2, -0.15) is 0 Å². The van der Waals surface area contributed by atoms with Crippen molar-refractivity contribution in [2.75, 3.05) is 31.2 Å². The number of amides is 2. The van der Waals surface area contributed by atoms with Crippen molar-refractivity contribution in [3.63, 3.8) is 0 Å². The number of thioether (sulfide) groups is 1. The predicted molar refractivity (Wildman–Crippen MR) is 154 cm³/mol. The predicted octanol–water partition coefficient (Wildman–Crippen LogP) is 4.34. The highest BCUT2D eigenvalue weighted by Crippen LogP contribution is 2.71. The van der Waals surface area contributed by atoms with Crippen LogP contribution >= 0.6 is 11.8 Å². The van der Waals surface area contributed by atoms with Gasteiger partial charge in [-0.1, -0.05) is 49.1 Å². The van der Waals surface area contributed by atoms with Crippen molar-refractivity contribution >= 4 is 46.0 Å². The quantitative estimate of drug-likeness (QED) is 0.255. The molecule has 0 aromatic heterocycles. The standard InChI is InChI=1S/C31H36N2O5S/c1-4-16-32(23-13-12-21-10-6-7-11-22(21)20-23)28(36)26-31-15-14-30(3,39-31)25(29(37)38-19-5-2)24(31)27(35)33(26)17-8-9-18-34/h4-7,10-13,20,24-26,34H,1-2,8-9,14-19H2,3H3/t24-,25+,26?,30-,31?/m0/s1. The SMILES string of the molecule is C=CCOC(=O)[C@H]1[C@H]2C(=O)N(CCCCO)C(C(=O)N(CC=C)c3ccc4ccccc4c3)C23CC[C@]1(C)S3. The fraction of sp³-hybridized carbons (Fsp3) is 0.452. The van der Waals surface area contributed by atoms with Gasteiger partial charge in [0.25, 0.3) is 5.91 Å². The molecule has 2 aromatic rings. The summed E-state index contributed by atoms with van der Waals surface area (Å²) in [6, 6.07) is 13.2. The Morgan fingerprint density at radius 1 is 1.15 bits per heavy atom. The molecule has 3 saturated heterocycles. The number of aliphatic hydroxyl groups is 1. The summed E-state index contributed by atoms with van der Waals surface area (Å²) in [5.41, 5.74) is 0.743. The van der Waals surface area contributed by atoms with E-state index in [0.29, 0.717) is 32.4 Å². The lowest BCUT2D eigenvalue weighted by Gasteiger charge is -2.37. The minimum absolute atomic E-state index is 0.0121. The second-order valence-corrected chi connectivity index (χ2v) is 12.8. The van der Waals surface area contributed by atoms with E-state index in [9.17, 15) is 19.5 Å². The Morgan fingerprint density at radius 3 is 2.64 bits per heavy atom. The third-order valence-corrected chi connectivity index (χ3v) is 10.5. The van der Waals surface area contributed by atoms with E-state index in [1.165, 1.54) is 6.08 Å². The maximum Gasteiger partial charge on any atom is 0.311 e. The number of rotatable bonds is 11. The number of nitrogens with zero attached hydrogens (tertiary/aromatic N) is 2. The van der Waals surface area contributed by atoms with E-state index in [1.54, 1.807) is 27.6 Å². The lowest BCUT2D eigenvalue weighted by Crippen LogP contribution is -2.55. The Bertz CT molecular complexity index is 1310. The number of aliphatic hydroxyl groups excluding tert-OH is 1. The second-order valence-electron chi connectivity index (χ2n) is 10.9. The van der Waals surface area contributed by atoms with Crippen LogP contribution in [-0.2, 0) is 19.1 Å². The normalized spacial score (nSPS) is 28.9. The molecule has 1 N–H and O–H groups in total. The maximum atomic E-state index is 14.6. The summed E-state index contributed by atoms with van der Waals surface area (Å²) in [5.74, 6) is -1.99. The van der Waals surface area contributed by atoms with Crippen molar-refractivity contribution in [3.05, 3.63) is 67.8 Å². The van der Waals surface area contributed by atoms with Crippen molar-refractivity contribution < 1.29 is 24.2 Å². The first-order chi connectivity index (χ1) is 18.8. The Kier molecular flexibility index (Phi) is 7.62. The van der Waals surface area contributed by atoms with Crippen LogP contribution in [0, 0.1) is 11.8 Å². The number of likely N-dealkylation sites (tertiary alicyclic amines) is 1. The molecule has 0 radical (unpaired) electrons. The largest absolute Gasteiger partial charge is 0.461 e. The molecule has 3 aliphatic rings. The fourth-order valence-corrected chi connectivity index (χ4v) is 9.21. The number of fused-ring (bicyclic) bond motifs is 2. The Hall–Kier alpha value is -3.10. The van der Waals surface area contributed by atoms with Crippen LogP contribution in [0.1, 0.15) is 32.6 Å². The first-order valence-corrected chi connectivity index (χ1v) is 14.4. The van der Waals surface area contributed by atoms with E-state index in [1.807, 2.05) is 49.4 Å². The van der Waals surface area contributed by atoms with Crippen LogP contribution in [0.5, 0.6) is 0 Å². The molecule has 2 amide bonds. The number of carbonyl (C=O) groups excluding carboxylic acids is 3. The Labute approximate surface area is 233 Å². The molecular weight excluding hydrogens is 512 g/mol. The van der Waals surface area contributed by atoms with Crippen molar-refractivity contribution in [3.8, 4) is 0 Å². The van der Waals surface area contributed by atoms with E-state index in [0.717, 1.165) is 22.9 Å². The monoisotopic (exact) mass is 548 g/mol. The molecular formula is C31H36N2O5S. The molecule has 2 unspecified atom stereocenters. The highest BCUT2D eigenvalue weighted by atomic mass is 32.2. The zero-order chi connectivity index (χ0) is 27.8. The molecule has 0 saturated carbocycles. The van der Waals surface area contributed by atoms with Crippen LogP contribution in [0.3, 0.4) is 0 Å². The summed E-state index contributed by atoms with van der Waals surface area (Å²) in [6.07, 6.45) is 5.71. The molecule has 8 heteroatoms. The summed E-state index contributed by atoms with van der Waals surface area (Å²) in [5, 5.41) is 11.5. The van der Waals surface area contributed by atoms with Crippen LogP contribution in [0.15, 0.2) is 67.8 Å². The molecule has 7 nitrogen and oxygen atoms in total. The zero-order valence-electron chi connectivity index (χ0n) is 22.4. The van der Waals surface area contributed by atoms with Gasteiger partial charge >= 0.3 is 5.97 Å². The molecule has 2 bridgehead atoms. The number of unbranched alkanes of at least 4 members (excludes halogenated alkanes) is 1. The number of hydrogen-bond donors (Lipinski definition) is 1. The Morgan fingerprint density at radius 2 is 1.92 bits per heavy atom. The third-order valence-electron chi connectivity index (χ3n) is 8.54. The molecule has 3 fully saturated rings. The Balaban J connectivity index is 1.57. The van der Waals surface area contributed by atoms with Gasteiger partial charge in [0.1, 0.15) is 12.6 Å². The van der Waals surface area contributed by atoms with Crippen LogP contribution in [0.4, 0.5) is 5.69 Å². The number of anilines is 1. The summed E-state index contributed by atoms with van der Waals surface area (Å²) in [4.78, 5) is 45.5. The zero-order valence-corrected chi connectivity index (χ0v) is 23.2. The van der Waals surface area contributed by atoms with Gasteiger partial charge in [-0.15, -0.1) is 18.3 Å². The van der Waals surface area contributed by atoms with Gasteiger partial charge in [0.2, 0.25) is 5.91 Å². The van der Waals surface area contributed by atoms with Gasteiger partial charge in [0.15, 0.2) is 0 Å². The molecule has 2 aromatic carbocycles. The molecule has 3 aliphatic heterocycles. The van der Waals surface area contributed by atoms with Crippen LogP contribution in [0.25, 0.3) is 10.8 Å². The van der Waals surface area contributed by atoms with Gasteiger partial charge in [-0.25, -0.2) is 0 Å². The number of benzene rings is 2. The number of carbonyl (C=O) groups is 3. The first kappa shape index (κ1) is 27.5. The first-order valence-electron chi connectivity index (χ1n) is 13.6. The van der Waals surface area contributed by atoms with E-state index in [2.05, 4.69) is 13.2 Å². The molecule has 1 spiro atoms. The molecule has 5 atom stereocenters. The molecule has 39 heavy (non-hydrogen) atoms. The van der Waals surface area contributed by atoms with E-state index in [4.69, 9.17) is 4.74 Å². The number of ether oxygens (including phenoxy) is 1. The average Bonchev–Trinajstić information content (AvgIpc) is 3.50. The summed E-state index contributed by atoms with van der Waals surface area (Å²) < 4.78 is 4.28. The van der Waals surface area contributed by atoms with Gasteiger partial charge in [0, 0.05) is 30.1 Å². The van der Waals surface area contributed by atoms with Crippen molar-refractivity contribution in [1.29, 1.82) is 0 Å². The summed E-state index contributed by atoms with van der Waals surface area (Å²) in [6.45, 7) is 10.3. The van der Waals surface area contributed by atoms with Gasteiger partial charge in [-0.3, -0.25) is 14.4 Å². The molecule has 3 heterocycles. The van der Waals surface area contributed by atoms with E-state index in [-0.39, 0.29) is 25.0 Å². The lowest BCUT2D eigenvalue weighted by atomic mass is 9.66.